The van der Waals surface area contributed by atoms with Gasteiger partial charge < -0.3 is 25.7 Å². The molecule has 1 aliphatic heterocycles. The molecule has 1 saturated carbocycles. The third-order valence-electron chi connectivity index (χ3n) is 2.77. The third kappa shape index (κ3) is 2.12. The summed E-state index contributed by atoms with van der Waals surface area (Å²) >= 11 is 0. The van der Waals surface area contributed by atoms with Crippen LogP contribution in [-0.4, -0.2) is 63.3 Å². The van der Waals surface area contributed by atoms with Gasteiger partial charge in [-0.3, -0.25) is 4.99 Å². The van der Waals surface area contributed by atoms with Crippen molar-refractivity contribution in [3.05, 3.63) is 0 Å². The minimum absolute atomic E-state index is 0.273. The number of rotatable bonds is 2. The quantitative estimate of drug-likeness (QED) is 0.354. The van der Waals surface area contributed by atoms with E-state index >= 15 is 0 Å². The van der Waals surface area contributed by atoms with Gasteiger partial charge in [-0.25, -0.2) is 0 Å². The van der Waals surface area contributed by atoms with Crippen molar-refractivity contribution < 1.29 is 20.4 Å². The molecule has 0 spiro atoms. The van der Waals surface area contributed by atoms with Crippen molar-refractivity contribution >= 4 is 5.84 Å². The van der Waals surface area contributed by atoms with Crippen LogP contribution in [0.25, 0.3) is 0 Å². The van der Waals surface area contributed by atoms with Crippen LogP contribution in [0.15, 0.2) is 4.99 Å². The average molecular weight is 216 g/mol. The molecule has 5 N–H and O–H groups in total. The molecule has 2 aliphatic rings. The second-order valence-electron chi connectivity index (χ2n) is 4.11. The molecule has 0 aromatic heterocycles. The normalized spacial score (nSPS) is 41.2. The molecule has 0 aromatic carbocycles. The van der Waals surface area contributed by atoms with Gasteiger partial charge in [0.2, 0.25) is 0 Å². The molecule has 1 fully saturated rings. The van der Waals surface area contributed by atoms with Crippen molar-refractivity contribution in [2.24, 2.45) is 4.99 Å². The molecular formula is C9H16N2O4. The first-order valence-electron chi connectivity index (χ1n) is 5.12. The molecule has 1 heterocycles. The van der Waals surface area contributed by atoms with Gasteiger partial charge in [0, 0.05) is 6.04 Å². The number of nitrogens with zero attached hydrogens (tertiary/aromatic N) is 1. The monoisotopic (exact) mass is 216 g/mol. The number of aliphatic imine (C=N–C) groups is 1. The summed E-state index contributed by atoms with van der Waals surface area (Å²) < 4.78 is 0. The predicted molar refractivity (Wildman–Crippen MR) is 52.5 cm³/mol. The Morgan fingerprint density at radius 1 is 1.20 bits per heavy atom. The van der Waals surface area contributed by atoms with Crippen molar-refractivity contribution in [1.29, 1.82) is 0 Å². The van der Waals surface area contributed by atoms with E-state index in [1.807, 2.05) is 0 Å². The molecule has 4 atom stereocenters. The van der Waals surface area contributed by atoms with Gasteiger partial charge in [-0.15, -0.1) is 0 Å². The molecule has 0 bridgehead atoms. The Hall–Kier alpha value is -0.690. The maximum Gasteiger partial charge on any atom is 0.139 e. The first kappa shape index (κ1) is 10.8. The molecule has 2 rings (SSSR count). The van der Waals surface area contributed by atoms with E-state index in [-0.39, 0.29) is 12.4 Å². The molecule has 0 saturated heterocycles. The second kappa shape index (κ2) is 4.05. The van der Waals surface area contributed by atoms with Gasteiger partial charge in [-0.05, 0) is 12.8 Å². The summed E-state index contributed by atoms with van der Waals surface area (Å²) in [5.74, 6) is 0.273. The van der Waals surface area contributed by atoms with Crippen LogP contribution in [0.3, 0.4) is 0 Å². The van der Waals surface area contributed by atoms with E-state index in [1.165, 1.54) is 0 Å². The molecule has 0 radical (unpaired) electrons. The van der Waals surface area contributed by atoms with Crippen LogP contribution in [0.4, 0.5) is 0 Å². The topological polar surface area (TPSA) is 105 Å². The van der Waals surface area contributed by atoms with Crippen molar-refractivity contribution in [3.63, 3.8) is 0 Å². The summed E-state index contributed by atoms with van der Waals surface area (Å²) in [5.41, 5.74) is 0. The van der Waals surface area contributed by atoms with Gasteiger partial charge in [0.15, 0.2) is 0 Å². The highest BCUT2D eigenvalue weighted by atomic mass is 16.4. The number of aliphatic hydroxyl groups excluding tert-OH is 4. The largest absolute Gasteiger partial charge is 0.394 e. The van der Waals surface area contributed by atoms with Crippen LogP contribution in [0, 0.1) is 0 Å². The molecule has 0 unspecified atom stereocenters. The van der Waals surface area contributed by atoms with Gasteiger partial charge in [-0.2, -0.15) is 0 Å². The van der Waals surface area contributed by atoms with Crippen molar-refractivity contribution in [3.8, 4) is 0 Å². The van der Waals surface area contributed by atoms with E-state index in [0.717, 1.165) is 12.8 Å². The lowest BCUT2D eigenvalue weighted by Gasteiger charge is -2.33. The fraction of sp³-hybridized carbons (Fsp3) is 0.889. The van der Waals surface area contributed by atoms with E-state index < -0.39 is 24.4 Å². The summed E-state index contributed by atoms with van der Waals surface area (Å²) in [6.07, 6.45) is -1.65. The van der Waals surface area contributed by atoms with Gasteiger partial charge >= 0.3 is 0 Å². The molecule has 6 heteroatoms. The lowest BCUT2D eigenvalue weighted by atomic mass is 9.97. The van der Waals surface area contributed by atoms with E-state index in [9.17, 15) is 15.3 Å². The van der Waals surface area contributed by atoms with Gasteiger partial charge in [0.1, 0.15) is 30.2 Å². The first-order valence-corrected chi connectivity index (χ1v) is 5.12. The van der Waals surface area contributed by atoms with E-state index in [4.69, 9.17) is 5.11 Å². The van der Waals surface area contributed by atoms with Crippen molar-refractivity contribution in [1.82, 2.24) is 5.32 Å². The molecule has 6 nitrogen and oxygen atoms in total. The van der Waals surface area contributed by atoms with Crippen LogP contribution >= 0.6 is 0 Å². The van der Waals surface area contributed by atoms with E-state index in [2.05, 4.69) is 10.3 Å². The Balaban J connectivity index is 2.11. The molecule has 86 valence electrons. The summed E-state index contributed by atoms with van der Waals surface area (Å²) in [7, 11) is 0. The lowest BCUT2D eigenvalue weighted by molar-refractivity contribution is -0.0597. The maximum atomic E-state index is 9.61. The van der Waals surface area contributed by atoms with Crippen LogP contribution in [0.1, 0.15) is 12.8 Å². The Kier molecular flexibility index (Phi) is 2.92. The predicted octanol–water partition coefficient (Wildman–Crippen LogP) is -2.41. The smallest absolute Gasteiger partial charge is 0.139 e. The number of hydrogen-bond acceptors (Lipinski definition) is 6. The van der Waals surface area contributed by atoms with Gasteiger partial charge in [0.25, 0.3) is 0 Å². The number of hydrogen-bond donors (Lipinski definition) is 5. The number of aliphatic hydroxyl groups is 4. The Bertz CT molecular complexity index is 267. The molecule has 15 heavy (non-hydrogen) atoms. The fourth-order valence-corrected chi connectivity index (χ4v) is 1.62. The summed E-state index contributed by atoms with van der Waals surface area (Å²) in [4.78, 5) is 3.99. The van der Waals surface area contributed by atoms with Gasteiger partial charge in [-0.1, -0.05) is 0 Å². The second-order valence-corrected chi connectivity index (χ2v) is 4.11. The van der Waals surface area contributed by atoms with Crippen LogP contribution in [0.2, 0.25) is 0 Å². The van der Waals surface area contributed by atoms with Crippen LogP contribution in [-0.2, 0) is 0 Å². The zero-order valence-electron chi connectivity index (χ0n) is 8.24. The standard InChI is InChI=1S/C9H16N2O4/c12-3-5-6(13)7(14)8(15)9(11-5)10-4-1-2-4/h4-8,12-15H,1-3H2,(H,10,11)/t5-,6+,7+,8-/m1/s1. The highest BCUT2D eigenvalue weighted by Crippen LogP contribution is 2.21. The van der Waals surface area contributed by atoms with Gasteiger partial charge in [0.05, 0.1) is 6.61 Å². The average Bonchev–Trinajstić information content (AvgIpc) is 3.03. The minimum atomic E-state index is -1.29. The maximum absolute atomic E-state index is 9.61. The van der Waals surface area contributed by atoms with Crippen LogP contribution < -0.4 is 5.32 Å². The molecular weight excluding hydrogens is 200 g/mol. The van der Waals surface area contributed by atoms with E-state index in [1.54, 1.807) is 0 Å². The summed E-state index contributed by atoms with van der Waals surface area (Å²) in [6, 6.07) is -0.454. The Labute approximate surface area is 87.3 Å². The van der Waals surface area contributed by atoms with E-state index in [0.29, 0.717) is 6.04 Å². The molecule has 1 aliphatic carbocycles. The lowest BCUT2D eigenvalue weighted by Crippen LogP contribution is -2.56. The minimum Gasteiger partial charge on any atom is -0.394 e. The fourth-order valence-electron chi connectivity index (χ4n) is 1.62. The zero-order chi connectivity index (χ0) is 11.0. The molecule has 0 aromatic rings. The zero-order valence-corrected chi connectivity index (χ0v) is 8.24. The van der Waals surface area contributed by atoms with Crippen LogP contribution in [0.5, 0.6) is 0 Å². The SMILES string of the molecule is OC[C@H]1N=C(NC2CC2)[C@H](O)[C@@H](O)[C@H]1O. The highest BCUT2D eigenvalue weighted by molar-refractivity contribution is 5.88. The summed E-state index contributed by atoms with van der Waals surface area (Å²) in [5, 5.41) is 40.5. The number of amidine groups is 1. The molecule has 0 amide bonds. The number of nitrogens with one attached hydrogen (secondary N) is 1. The summed E-state index contributed by atoms with van der Waals surface area (Å²) in [6.45, 7) is -0.346. The Morgan fingerprint density at radius 3 is 2.40 bits per heavy atom. The first-order chi connectivity index (χ1) is 7.13. The Morgan fingerprint density at radius 2 is 1.87 bits per heavy atom. The van der Waals surface area contributed by atoms with Crippen molar-refractivity contribution in [2.45, 2.75) is 43.2 Å². The highest BCUT2D eigenvalue weighted by Gasteiger charge is 2.40. The van der Waals surface area contributed by atoms with Crippen molar-refractivity contribution in [2.75, 3.05) is 6.61 Å². The third-order valence-corrected chi connectivity index (χ3v) is 2.77.